The smallest absolute Gasteiger partial charge is 0.216 e. The molecular weight excluding hydrogens is 164 g/mol. The third kappa shape index (κ3) is 2.25. The molecule has 3 heteroatoms. The number of aryl methyl sites for hydroxylation is 2. The zero-order valence-electron chi connectivity index (χ0n) is 8.00. The first-order valence-corrected chi connectivity index (χ1v) is 4.31. The minimum Gasteiger partial charge on any atom is -0.464 e. The van der Waals surface area contributed by atoms with Gasteiger partial charge in [0.1, 0.15) is 6.20 Å². The molecular formula is C10H13N2O. The van der Waals surface area contributed by atoms with E-state index in [4.69, 9.17) is 11.2 Å². The molecule has 0 saturated carbocycles. The summed E-state index contributed by atoms with van der Waals surface area (Å²) in [5.74, 6) is 3.16. The summed E-state index contributed by atoms with van der Waals surface area (Å²) in [4.78, 5) is 0. The number of aromatic nitrogens is 2. The number of ether oxygens (including phenoxy) is 1. The molecule has 0 aliphatic rings. The van der Waals surface area contributed by atoms with Crippen molar-refractivity contribution in [3.05, 3.63) is 11.8 Å². The van der Waals surface area contributed by atoms with E-state index in [1.54, 1.807) is 4.68 Å². The normalized spacial score (nSPS) is 9.62. The fraction of sp³-hybridized carbons (Fsp3) is 0.500. The van der Waals surface area contributed by atoms with E-state index in [0.29, 0.717) is 0 Å². The molecule has 1 aromatic heterocycles. The molecule has 1 radical (unpaired) electrons. The Morgan fingerprint density at radius 3 is 3.08 bits per heavy atom. The van der Waals surface area contributed by atoms with Gasteiger partial charge in [-0.1, -0.05) is 12.8 Å². The maximum Gasteiger partial charge on any atom is 0.216 e. The molecule has 1 rings (SSSR count). The van der Waals surface area contributed by atoms with Crippen LogP contribution in [0.1, 0.15) is 18.9 Å². The third-order valence-electron chi connectivity index (χ3n) is 1.62. The lowest BCUT2D eigenvalue weighted by atomic mass is 10.4. The van der Waals surface area contributed by atoms with Crippen molar-refractivity contribution in [3.8, 4) is 18.2 Å². The van der Waals surface area contributed by atoms with E-state index in [0.717, 1.165) is 24.4 Å². The van der Waals surface area contributed by atoms with Crippen molar-refractivity contribution >= 4 is 0 Å². The summed E-state index contributed by atoms with van der Waals surface area (Å²) in [6.07, 6.45) is 8.97. The Balaban J connectivity index is 2.76. The Bertz CT molecular complexity index is 309. The van der Waals surface area contributed by atoms with Crippen molar-refractivity contribution in [2.45, 2.75) is 26.8 Å². The number of hydrogen-bond donors (Lipinski definition) is 0. The molecule has 0 fully saturated rings. The minimum atomic E-state index is 0.282. The standard InChI is InChI=1S/C10H13N2O/c1-4-6-12-10(13-7-5-2)9(3)8-11-12/h2H,4,6-7H2,1,3H3. The van der Waals surface area contributed by atoms with Gasteiger partial charge in [0.25, 0.3) is 0 Å². The molecule has 0 unspecified atom stereocenters. The third-order valence-corrected chi connectivity index (χ3v) is 1.62. The van der Waals surface area contributed by atoms with Crippen molar-refractivity contribution in [1.29, 1.82) is 0 Å². The van der Waals surface area contributed by atoms with Gasteiger partial charge >= 0.3 is 0 Å². The van der Waals surface area contributed by atoms with E-state index in [1.807, 2.05) is 6.92 Å². The molecule has 0 amide bonds. The van der Waals surface area contributed by atoms with Crippen molar-refractivity contribution in [1.82, 2.24) is 9.78 Å². The Kier molecular flexibility index (Phi) is 3.39. The van der Waals surface area contributed by atoms with Crippen LogP contribution in [0, 0.1) is 25.5 Å². The van der Waals surface area contributed by atoms with Gasteiger partial charge in [0, 0.05) is 12.1 Å². The van der Waals surface area contributed by atoms with Crippen LogP contribution in [0.2, 0.25) is 0 Å². The predicted molar refractivity (Wildman–Crippen MR) is 50.4 cm³/mol. The molecule has 0 spiro atoms. The summed E-state index contributed by atoms with van der Waals surface area (Å²) >= 11 is 0. The molecule has 13 heavy (non-hydrogen) atoms. The Labute approximate surface area is 78.7 Å². The van der Waals surface area contributed by atoms with Gasteiger partial charge in [0.05, 0.1) is 0 Å². The van der Waals surface area contributed by atoms with Crippen LogP contribution in [0.4, 0.5) is 0 Å². The van der Waals surface area contributed by atoms with Crippen LogP contribution in [0.25, 0.3) is 0 Å². The van der Waals surface area contributed by atoms with Crippen LogP contribution in [-0.2, 0) is 6.54 Å². The van der Waals surface area contributed by atoms with E-state index in [-0.39, 0.29) is 6.61 Å². The van der Waals surface area contributed by atoms with E-state index in [2.05, 4.69) is 24.1 Å². The van der Waals surface area contributed by atoms with Gasteiger partial charge in [-0.25, -0.2) is 4.68 Å². The van der Waals surface area contributed by atoms with E-state index >= 15 is 0 Å². The highest BCUT2D eigenvalue weighted by Gasteiger charge is 2.07. The van der Waals surface area contributed by atoms with Gasteiger partial charge in [-0.15, -0.1) is 6.42 Å². The molecule has 0 aromatic carbocycles. The highest BCUT2D eigenvalue weighted by Crippen LogP contribution is 2.16. The van der Waals surface area contributed by atoms with Crippen molar-refractivity contribution in [2.24, 2.45) is 0 Å². The lowest BCUT2D eigenvalue weighted by Crippen LogP contribution is -2.05. The topological polar surface area (TPSA) is 27.1 Å². The first-order valence-electron chi connectivity index (χ1n) is 4.31. The summed E-state index contributed by atoms with van der Waals surface area (Å²) < 4.78 is 7.13. The van der Waals surface area contributed by atoms with E-state index in [9.17, 15) is 0 Å². The number of rotatable bonds is 4. The first-order chi connectivity index (χ1) is 6.29. The SMILES string of the molecule is C#CCOc1c(C)[c]nn1CCC. The molecule has 3 nitrogen and oxygen atoms in total. The van der Waals surface area contributed by atoms with Crippen LogP contribution in [0.5, 0.6) is 5.88 Å². The lowest BCUT2D eigenvalue weighted by molar-refractivity contribution is 0.322. The average molecular weight is 177 g/mol. The highest BCUT2D eigenvalue weighted by molar-refractivity contribution is 5.21. The summed E-state index contributed by atoms with van der Waals surface area (Å²) in [7, 11) is 0. The van der Waals surface area contributed by atoms with Gasteiger partial charge in [-0.2, -0.15) is 5.10 Å². The summed E-state index contributed by atoms with van der Waals surface area (Å²) in [5, 5.41) is 4.06. The van der Waals surface area contributed by atoms with Crippen molar-refractivity contribution in [3.63, 3.8) is 0 Å². The maximum absolute atomic E-state index is 5.34. The molecule has 0 bridgehead atoms. The lowest BCUT2D eigenvalue weighted by Gasteiger charge is -2.06. The van der Waals surface area contributed by atoms with Crippen molar-refractivity contribution < 1.29 is 4.74 Å². The zero-order chi connectivity index (χ0) is 9.68. The Hall–Kier alpha value is -1.43. The van der Waals surface area contributed by atoms with Gasteiger partial charge in [0.2, 0.25) is 5.88 Å². The predicted octanol–water partition coefficient (Wildman–Crippen LogP) is 1.41. The molecule has 69 valence electrons. The van der Waals surface area contributed by atoms with Crippen LogP contribution in [0.15, 0.2) is 0 Å². The monoisotopic (exact) mass is 177 g/mol. The molecule has 1 heterocycles. The van der Waals surface area contributed by atoms with E-state index in [1.165, 1.54) is 0 Å². The molecule has 1 aromatic rings. The van der Waals surface area contributed by atoms with Gasteiger partial charge in [-0.3, -0.25) is 0 Å². The molecule has 0 saturated heterocycles. The van der Waals surface area contributed by atoms with E-state index < -0.39 is 0 Å². The number of hydrogen-bond acceptors (Lipinski definition) is 2. The Morgan fingerprint density at radius 1 is 1.69 bits per heavy atom. The second-order valence-electron chi connectivity index (χ2n) is 2.76. The second-order valence-corrected chi connectivity index (χ2v) is 2.76. The largest absolute Gasteiger partial charge is 0.464 e. The van der Waals surface area contributed by atoms with Gasteiger partial charge in [0.15, 0.2) is 6.61 Å². The maximum atomic E-state index is 5.34. The van der Waals surface area contributed by atoms with Crippen LogP contribution in [-0.4, -0.2) is 16.4 Å². The molecule has 0 aliphatic carbocycles. The Morgan fingerprint density at radius 2 is 2.46 bits per heavy atom. The average Bonchev–Trinajstić information content (AvgIpc) is 2.45. The first kappa shape index (κ1) is 9.66. The van der Waals surface area contributed by atoms with Crippen molar-refractivity contribution in [2.75, 3.05) is 6.61 Å². The molecule has 0 atom stereocenters. The number of terminal acetylenes is 1. The van der Waals surface area contributed by atoms with Crippen LogP contribution < -0.4 is 4.74 Å². The molecule has 0 N–H and O–H groups in total. The quantitative estimate of drug-likeness (QED) is 0.650. The van der Waals surface area contributed by atoms with Gasteiger partial charge < -0.3 is 4.74 Å². The summed E-state index contributed by atoms with van der Waals surface area (Å²) in [6, 6.07) is 0. The highest BCUT2D eigenvalue weighted by atomic mass is 16.5. The fourth-order valence-electron chi connectivity index (χ4n) is 1.08. The van der Waals surface area contributed by atoms with Gasteiger partial charge in [-0.05, 0) is 13.3 Å². The summed E-state index contributed by atoms with van der Waals surface area (Å²) in [6.45, 7) is 5.11. The second kappa shape index (κ2) is 4.56. The van der Waals surface area contributed by atoms with Crippen LogP contribution >= 0.6 is 0 Å². The fourth-order valence-corrected chi connectivity index (χ4v) is 1.08. The number of nitrogens with zero attached hydrogens (tertiary/aromatic N) is 2. The van der Waals surface area contributed by atoms with Crippen LogP contribution in [0.3, 0.4) is 0 Å². The summed E-state index contributed by atoms with van der Waals surface area (Å²) in [5.41, 5.74) is 0.906. The molecule has 0 aliphatic heterocycles. The zero-order valence-corrected chi connectivity index (χ0v) is 8.00. The minimum absolute atomic E-state index is 0.282.